The molecule has 0 amide bonds. The molecule has 1 heterocycles. The van der Waals surface area contributed by atoms with Crippen molar-refractivity contribution in [2.45, 2.75) is 13.0 Å². The number of hydrogen-bond acceptors (Lipinski definition) is 4. The van der Waals surface area contributed by atoms with Crippen LogP contribution >= 0.6 is 0 Å². The molecule has 0 radical (unpaired) electrons. The van der Waals surface area contributed by atoms with Crippen molar-refractivity contribution < 1.29 is 13.9 Å². The second kappa shape index (κ2) is 5.33. The molecule has 1 atom stereocenters. The van der Waals surface area contributed by atoms with Gasteiger partial charge >= 0.3 is 0 Å². The van der Waals surface area contributed by atoms with Crippen LogP contribution in [0.2, 0.25) is 0 Å². The largest absolute Gasteiger partial charge is 0.454 e. The van der Waals surface area contributed by atoms with E-state index in [1.165, 1.54) is 6.07 Å². The Hall–Kier alpha value is -2.74. The summed E-state index contributed by atoms with van der Waals surface area (Å²) in [6.07, 6.45) is 0. The van der Waals surface area contributed by atoms with Gasteiger partial charge in [0, 0.05) is 6.04 Å². The van der Waals surface area contributed by atoms with Gasteiger partial charge in [0.05, 0.1) is 17.3 Å². The predicted molar refractivity (Wildman–Crippen MR) is 75.7 cm³/mol. The van der Waals surface area contributed by atoms with E-state index in [2.05, 4.69) is 5.32 Å². The summed E-state index contributed by atoms with van der Waals surface area (Å²) in [5.74, 6) is 0.971. The number of halogens is 1. The number of hydrogen-bond donors (Lipinski definition) is 1. The van der Waals surface area contributed by atoms with Crippen molar-refractivity contribution >= 4 is 5.69 Å². The molecule has 0 aliphatic carbocycles. The minimum atomic E-state index is -0.443. The third kappa shape index (κ3) is 2.61. The Kier molecular flexibility index (Phi) is 3.36. The van der Waals surface area contributed by atoms with Crippen molar-refractivity contribution in [1.82, 2.24) is 0 Å². The van der Waals surface area contributed by atoms with Crippen LogP contribution in [0.4, 0.5) is 10.1 Å². The molecule has 106 valence electrons. The van der Waals surface area contributed by atoms with Crippen molar-refractivity contribution in [3.8, 4) is 17.6 Å². The second-order valence-corrected chi connectivity index (χ2v) is 4.79. The molecule has 2 aromatic carbocycles. The number of anilines is 1. The lowest BCUT2D eigenvalue weighted by atomic mass is 10.1. The molecular weight excluding hydrogens is 271 g/mol. The number of benzene rings is 2. The highest BCUT2D eigenvalue weighted by atomic mass is 19.1. The third-order valence-electron chi connectivity index (χ3n) is 3.37. The Bertz CT molecular complexity index is 725. The maximum absolute atomic E-state index is 13.9. The van der Waals surface area contributed by atoms with Crippen LogP contribution in [-0.4, -0.2) is 6.79 Å². The van der Waals surface area contributed by atoms with Crippen LogP contribution in [0.15, 0.2) is 36.4 Å². The molecule has 0 saturated heterocycles. The summed E-state index contributed by atoms with van der Waals surface area (Å²) in [4.78, 5) is 0. The second-order valence-electron chi connectivity index (χ2n) is 4.79. The summed E-state index contributed by atoms with van der Waals surface area (Å²) in [5, 5.41) is 11.8. The Morgan fingerprint density at radius 3 is 2.76 bits per heavy atom. The lowest BCUT2D eigenvalue weighted by molar-refractivity contribution is 0.174. The van der Waals surface area contributed by atoms with Crippen LogP contribution in [0, 0.1) is 17.1 Å². The zero-order valence-corrected chi connectivity index (χ0v) is 11.4. The maximum Gasteiger partial charge on any atom is 0.231 e. The summed E-state index contributed by atoms with van der Waals surface area (Å²) in [6, 6.07) is 11.8. The summed E-state index contributed by atoms with van der Waals surface area (Å²) in [7, 11) is 0. The van der Waals surface area contributed by atoms with Gasteiger partial charge in [0.15, 0.2) is 11.5 Å². The molecule has 1 N–H and O–H groups in total. The van der Waals surface area contributed by atoms with Gasteiger partial charge in [-0.3, -0.25) is 0 Å². The van der Waals surface area contributed by atoms with Crippen molar-refractivity contribution in [3.05, 3.63) is 53.3 Å². The molecule has 1 unspecified atom stereocenters. The molecule has 2 aromatic rings. The lowest BCUT2D eigenvalue weighted by Gasteiger charge is -2.16. The molecule has 3 rings (SSSR count). The Morgan fingerprint density at radius 1 is 1.19 bits per heavy atom. The standard InChI is InChI=1S/C16H13FN2O2/c1-10(12-3-5-15-16(7-12)21-9-20-15)19-14-4-2-11(8-18)6-13(14)17/h2-7,10,19H,9H2,1H3. The number of ether oxygens (including phenoxy) is 2. The number of nitrogens with one attached hydrogen (secondary N) is 1. The third-order valence-corrected chi connectivity index (χ3v) is 3.37. The van der Waals surface area contributed by atoms with Crippen LogP contribution in [0.25, 0.3) is 0 Å². The monoisotopic (exact) mass is 284 g/mol. The SMILES string of the molecule is CC(Nc1ccc(C#N)cc1F)c1ccc2c(c1)OCO2. The first-order valence-electron chi connectivity index (χ1n) is 6.53. The lowest BCUT2D eigenvalue weighted by Crippen LogP contribution is -2.08. The summed E-state index contributed by atoms with van der Waals surface area (Å²) in [6.45, 7) is 2.15. The summed E-state index contributed by atoms with van der Waals surface area (Å²) >= 11 is 0. The van der Waals surface area contributed by atoms with Gasteiger partial charge in [-0.1, -0.05) is 6.07 Å². The van der Waals surface area contributed by atoms with E-state index in [4.69, 9.17) is 14.7 Å². The van der Waals surface area contributed by atoms with Crippen LogP contribution in [0.1, 0.15) is 24.1 Å². The molecule has 5 heteroatoms. The fourth-order valence-electron chi connectivity index (χ4n) is 2.20. The normalized spacial score (nSPS) is 13.6. The molecule has 0 saturated carbocycles. The Balaban J connectivity index is 1.80. The zero-order valence-electron chi connectivity index (χ0n) is 11.4. The van der Waals surface area contributed by atoms with Gasteiger partial charge in [-0.25, -0.2) is 4.39 Å². The molecule has 21 heavy (non-hydrogen) atoms. The van der Waals surface area contributed by atoms with Crippen LogP contribution in [0.5, 0.6) is 11.5 Å². The first-order valence-corrected chi connectivity index (χ1v) is 6.53. The molecule has 1 aliphatic rings. The smallest absolute Gasteiger partial charge is 0.231 e. The van der Waals surface area contributed by atoms with E-state index >= 15 is 0 Å². The van der Waals surface area contributed by atoms with Crippen LogP contribution < -0.4 is 14.8 Å². The highest BCUT2D eigenvalue weighted by Gasteiger charge is 2.16. The first kappa shape index (κ1) is 13.3. The van der Waals surface area contributed by atoms with Gasteiger partial charge in [0.25, 0.3) is 0 Å². The molecule has 0 bridgehead atoms. The highest BCUT2D eigenvalue weighted by Crippen LogP contribution is 2.35. The van der Waals surface area contributed by atoms with Gasteiger partial charge < -0.3 is 14.8 Å². The van der Waals surface area contributed by atoms with E-state index in [0.717, 1.165) is 11.3 Å². The molecule has 0 spiro atoms. The van der Waals surface area contributed by atoms with Gasteiger partial charge in [-0.05, 0) is 42.8 Å². The van der Waals surface area contributed by atoms with Crippen molar-refractivity contribution in [3.63, 3.8) is 0 Å². The fourth-order valence-corrected chi connectivity index (χ4v) is 2.20. The molecule has 1 aliphatic heterocycles. The number of nitriles is 1. The van der Waals surface area contributed by atoms with E-state index in [9.17, 15) is 4.39 Å². The molecule has 4 nitrogen and oxygen atoms in total. The number of rotatable bonds is 3. The van der Waals surface area contributed by atoms with Crippen molar-refractivity contribution in [2.24, 2.45) is 0 Å². The van der Waals surface area contributed by atoms with E-state index in [0.29, 0.717) is 17.0 Å². The minimum Gasteiger partial charge on any atom is -0.454 e. The number of fused-ring (bicyclic) bond motifs is 1. The fraction of sp³-hybridized carbons (Fsp3) is 0.188. The predicted octanol–water partition coefficient (Wildman–Crippen LogP) is 3.60. The average molecular weight is 284 g/mol. The van der Waals surface area contributed by atoms with Crippen molar-refractivity contribution in [1.29, 1.82) is 5.26 Å². The van der Waals surface area contributed by atoms with E-state index in [1.807, 2.05) is 31.2 Å². The Morgan fingerprint density at radius 2 is 2.00 bits per heavy atom. The Labute approximate surface area is 121 Å². The van der Waals surface area contributed by atoms with Crippen LogP contribution in [-0.2, 0) is 0 Å². The van der Waals surface area contributed by atoms with E-state index in [1.54, 1.807) is 12.1 Å². The molecule has 0 aromatic heterocycles. The maximum atomic E-state index is 13.9. The first-order chi connectivity index (χ1) is 10.2. The van der Waals surface area contributed by atoms with E-state index in [-0.39, 0.29) is 12.8 Å². The minimum absolute atomic E-state index is 0.109. The van der Waals surface area contributed by atoms with Gasteiger partial charge in [0.1, 0.15) is 5.82 Å². The average Bonchev–Trinajstić information content (AvgIpc) is 2.96. The highest BCUT2D eigenvalue weighted by molar-refractivity contribution is 5.52. The van der Waals surface area contributed by atoms with E-state index < -0.39 is 5.82 Å². The summed E-state index contributed by atoms with van der Waals surface area (Å²) < 4.78 is 24.5. The topological polar surface area (TPSA) is 54.3 Å². The van der Waals surface area contributed by atoms with Gasteiger partial charge in [0.2, 0.25) is 6.79 Å². The molecular formula is C16H13FN2O2. The summed E-state index contributed by atoms with van der Waals surface area (Å²) in [5.41, 5.74) is 1.62. The number of nitrogens with zero attached hydrogens (tertiary/aromatic N) is 1. The van der Waals surface area contributed by atoms with Gasteiger partial charge in [-0.15, -0.1) is 0 Å². The van der Waals surface area contributed by atoms with Gasteiger partial charge in [-0.2, -0.15) is 5.26 Å². The van der Waals surface area contributed by atoms with Crippen molar-refractivity contribution in [2.75, 3.05) is 12.1 Å². The molecule has 0 fully saturated rings. The quantitative estimate of drug-likeness (QED) is 0.935. The van der Waals surface area contributed by atoms with Crippen LogP contribution in [0.3, 0.4) is 0 Å². The zero-order chi connectivity index (χ0) is 14.8.